The van der Waals surface area contributed by atoms with Crippen molar-refractivity contribution in [1.29, 1.82) is 0 Å². The van der Waals surface area contributed by atoms with Crippen molar-refractivity contribution in [3.63, 3.8) is 0 Å². The number of hydrogen-bond donors (Lipinski definition) is 2. The third kappa shape index (κ3) is 1.33. The summed E-state index contributed by atoms with van der Waals surface area (Å²) in [6.07, 6.45) is 2.55. The molecule has 19 heavy (non-hydrogen) atoms. The minimum atomic E-state index is -1.49. The first-order valence-electron chi connectivity index (χ1n) is 6.84. The first kappa shape index (κ1) is 12.9. The largest absolute Gasteiger partial charge is 0.468 e. The molecule has 2 N–H and O–H groups in total. The SMILES string of the molecule is Cc1coc2c1C(=O)[C@]1(O)[C@@H](C)CC[C@@H](O)[C@@]1(C)C2. The zero-order chi connectivity index (χ0) is 14.0. The number of fused-ring (bicyclic) bond motifs is 2. The van der Waals surface area contributed by atoms with Crippen LogP contribution in [0.1, 0.15) is 48.4 Å². The van der Waals surface area contributed by atoms with Crippen molar-refractivity contribution in [2.75, 3.05) is 0 Å². The van der Waals surface area contributed by atoms with E-state index in [4.69, 9.17) is 4.42 Å². The number of carbonyl (C=O) groups excluding carboxylic acids is 1. The molecular weight excluding hydrogens is 244 g/mol. The molecule has 0 bridgehead atoms. The molecule has 1 aromatic rings. The van der Waals surface area contributed by atoms with Crippen LogP contribution >= 0.6 is 0 Å². The molecule has 1 saturated carbocycles. The Morgan fingerprint density at radius 3 is 2.79 bits per heavy atom. The molecule has 0 saturated heterocycles. The van der Waals surface area contributed by atoms with Gasteiger partial charge in [0.05, 0.1) is 17.9 Å². The monoisotopic (exact) mass is 264 g/mol. The predicted molar refractivity (Wildman–Crippen MR) is 68.9 cm³/mol. The van der Waals surface area contributed by atoms with Crippen molar-refractivity contribution in [3.8, 4) is 0 Å². The molecule has 4 nitrogen and oxygen atoms in total. The van der Waals surface area contributed by atoms with Gasteiger partial charge in [-0.2, -0.15) is 0 Å². The Kier molecular flexibility index (Phi) is 2.51. The first-order chi connectivity index (χ1) is 8.82. The molecule has 2 aliphatic rings. The van der Waals surface area contributed by atoms with Crippen molar-refractivity contribution >= 4 is 5.78 Å². The van der Waals surface area contributed by atoms with E-state index in [1.165, 1.54) is 0 Å². The van der Waals surface area contributed by atoms with Crippen LogP contribution in [0.3, 0.4) is 0 Å². The molecule has 0 unspecified atom stereocenters. The Balaban J connectivity index is 2.23. The zero-order valence-electron chi connectivity index (χ0n) is 11.6. The molecule has 1 aromatic heterocycles. The fraction of sp³-hybridized carbons (Fsp3) is 0.667. The average molecular weight is 264 g/mol. The second kappa shape index (κ2) is 3.70. The summed E-state index contributed by atoms with van der Waals surface area (Å²) in [6.45, 7) is 5.50. The maximum absolute atomic E-state index is 12.8. The quantitative estimate of drug-likeness (QED) is 0.750. The number of aryl methyl sites for hydroxylation is 1. The van der Waals surface area contributed by atoms with Gasteiger partial charge in [-0.1, -0.05) is 13.8 Å². The molecule has 2 aliphatic carbocycles. The molecule has 4 heteroatoms. The molecule has 0 aliphatic heterocycles. The Labute approximate surface area is 112 Å². The van der Waals surface area contributed by atoms with E-state index in [-0.39, 0.29) is 11.7 Å². The van der Waals surface area contributed by atoms with Gasteiger partial charge in [-0.25, -0.2) is 0 Å². The molecule has 1 heterocycles. The lowest BCUT2D eigenvalue weighted by Gasteiger charge is -2.55. The van der Waals surface area contributed by atoms with Gasteiger partial charge in [-0.05, 0) is 31.2 Å². The van der Waals surface area contributed by atoms with Crippen LogP contribution in [0.4, 0.5) is 0 Å². The second-order valence-corrected chi connectivity index (χ2v) is 6.40. The highest BCUT2D eigenvalue weighted by molar-refractivity contribution is 6.06. The van der Waals surface area contributed by atoms with Gasteiger partial charge in [0.25, 0.3) is 0 Å². The standard InChI is InChI=1S/C15H20O4/c1-8-7-19-10-6-14(3)11(16)5-4-9(2)15(14,18)13(17)12(8)10/h7,9,11,16,18H,4-6H2,1-3H3/t9-,11+,14+,15+/m0/s1. The summed E-state index contributed by atoms with van der Waals surface area (Å²) < 4.78 is 5.46. The number of hydrogen-bond acceptors (Lipinski definition) is 4. The van der Waals surface area contributed by atoms with E-state index in [9.17, 15) is 15.0 Å². The number of rotatable bonds is 0. The topological polar surface area (TPSA) is 70.7 Å². The van der Waals surface area contributed by atoms with Gasteiger partial charge >= 0.3 is 0 Å². The molecule has 3 rings (SSSR count). The van der Waals surface area contributed by atoms with Gasteiger partial charge in [0.1, 0.15) is 11.4 Å². The van der Waals surface area contributed by atoms with E-state index in [2.05, 4.69) is 0 Å². The summed E-state index contributed by atoms with van der Waals surface area (Å²) in [5.41, 5.74) is -1.07. The van der Waals surface area contributed by atoms with E-state index in [0.717, 1.165) is 5.56 Å². The maximum Gasteiger partial charge on any atom is 0.199 e. The number of ketones is 1. The van der Waals surface area contributed by atoms with E-state index in [0.29, 0.717) is 30.6 Å². The maximum atomic E-state index is 12.8. The summed E-state index contributed by atoms with van der Waals surface area (Å²) in [4.78, 5) is 12.8. The van der Waals surface area contributed by atoms with Crippen LogP contribution in [0.25, 0.3) is 0 Å². The smallest absolute Gasteiger partial charge is 0.199 e. The Bertz CT molecular complexity index is 546. The normalized spacial score (nSPS) is 41.8. The Morgan fingerprint density at radius 1 is 1.42 bits per heavy atom. The van der Waals surface area contributed by atoms with E-state index in [1.54, 1.807) is 13.2 Å². The first-order valence-corrected chi connectivity index (χ1v) is 6.84. The van der Waals surface area contributed by atoms with Crippen molar-refractivity contribution < 1.29 is 19.4 Å². The van der Waals surface area contributed by atoms with Crippen LogP contribution in [0.5, 0.6) is 0 Å². The fourth-order valence-electron chi connectivity index (χ4n) is 3.95. The summed E-state index contributed by atoms with van der Waals surface area (Å²) in [6, 6.07) is 0. The van der Waals surface area contributed by atoms with Crippen molar-refractivity contribution in [3.05, 3.63) is 23.2 Å². The number of Topliss-reactive ketones (excluding diaryl/α,β-unsaturated/α-hetero) is 1. The summed E-state index contributed by atoms with van der Waals surface area (Å²) in [7, 11) is 0. The fourth-order valence-corrected chi connectivity index (χ4v) is 3.95. The summed E-state index contributed by atoms with van der Waals surface area (Å²) in [5, 5.41) is 21.4. The highest BCUT2D eigenvalue weighted by Crippen LogP contribution is 2.54. The average Bonchev–Trinajstić information content (AvgIpc) is 2.72. The van der Waals surface area contributed by atoms with Crippen LogP contribution in [-0.2, 0) is 6.42 Å². The van der Waals surface area contributed by atoms with Gasteiger partial charge in [-0.15, -0.1) is 0 Å². The third-order valence-corrected chi connectivity index (χ3v) is 5.34. The Hall–Kier alpha value is -1.13. The van der Waals surface area contributed by atoms with Gasteiger partial charge in [0.15, 0.2) is 5.78 Å². The number of furan rings is 1. The van der Waals surface area contributed by atoms with Gasteiger partial charge in [0, 0.05) is 11.8 Å². The predicted octanol–water partition coefficient (Wildman–Crippen LogP) is 1.86. The van der Waals surface area contributed by atoms with Crippen LogP contribution < -0.4 is 0 Å². The summed E-state index contributed by atoms with van der Waals surface area (Å²) >= 11 is 0. The molecule has 0 spiro atoms. The second-order valence-electron chi connectivity index (χ2n) is 6.40. The van der Waals surface area contributed by atoms with Crippen molar-refractivity contribution in [1.82, 2.24) is 0 Å². The highest BCUT2D eigenvalue weighted by atomic mass is 16.3. The highest BCUT2D eigenvalue weighted by Gasteiger charge is 2.64. The molecule has 4 atom stereocenters. The number of aliphatic hydroxyl groups is 2. The Morgan fingerprint density at radius 2 is 2.11 bits per heavy atom. The van der Waals surface area contributed by atoms with E-state index >= 15 is 0 Å². The van der Waals surface area contributed by atoms with Crippen LogP contribution in [-0.4, -0.2) is 27.7 Å². The van der Waals surface area contributed by atoms with Crippen molar-refractivity contribution in [2.45, 2.75) is 51.7 Å². The molecule has 0 aromatic carbocycles. The van der Waals surface area contributed by atoms with Gasteiger partial charge < -0.3 is 14.6 Å². The lowest BCUT2D eigenvalue weighted by atomic mass is 9.52. The molecule has 1 fully saturated rings. The van der Waals surface area contributed by atoms with Crippen molar-refractivity contribution in [2.24, 2.45) is 11.3 Å². The van der Waals surface area contributed by atoms with E-state index < -0.39 is 17.1 Å². The number of carbonyl (C=O) groups is 1. The van der Waals surface area contributed by atoms with Gasteiger partial charge in [0.2, 0.25) is 0 Å². The molecular formula is C15H20O4. The lowest BCUT2D eigenvalue weighted by Crippen LogP contribution is -2.67. The molecule has 104 valence electrons. The van der Waals surface area contributed by atoms with Crippen LogP contribution in [0, 0.1) is 18.3 Å². The minimum Gasteiger partial charge on any atom is -0.468 e. The molecule has 0 amide bonds. The van der Waals surface area contributed by atoms with Gasteiger partial charge in [-0.3, -0.25) is 4.79 Å². The third-order valence-electron chi connectivity index (χ3n) is 5.34. The van der Waals surface area contributed by atoms with E-state index in [1.807, 2.05) is 13.8 Å². The summed E-state index contributed by atoms with van der Waals surface area (Å²) in [5.74, 6) is 0.160. The number of aliphatic hydroxyl groups excluding tert-OH is 1. The van der Waals surface area contributed by atoms with Crippen LogP contribution in [0.15, 0.2) is 10.7 Å². The zero-order valence-corrected chi connectivity index (χ0v) is 11.6. The minimum absolute atomic E-state index is 0.157. The molecule has 0 radical (unpaired) electrons. The van der Waals surface area contributed by atoms with Crippen LogP contribution in [0.2, 0.25) is 0 Å². The lowest BCUT2D eigenvalue weighted by molar-refractivity contribution is -0.167.